The lowest BCUT2D eigenvalue weighted by atomic mass is 10.2. The standard InChI is InChI=1S/C11H12O3/c1-2-10(12)8-14-11(13)9-6-4-3-5-7-9/h2-7,10,12H,1,8H2. The van der Waals surface area contributed by atoms with Crippen molar-refractivity contribution in [3.05, 3.63) is 48.6 Å². The van der Waals surface area contributed by atoms with Crippen molar-refractivity contribution >= 4 is 5.97 Å². The topological polar surface area (TPSA) is 46.5 Å². The summed E-state index contributed by atoms with van der Waals surface area (Å²) >= 11 is 0. The minimum atomic E-state index is -0.803. The number of esters is 1. The summed E-state index contributed by atoms with van der Waals surface area (Å²) < 4.78 is 4.82. The van der Waals surface area contributed by atoms with Gasteiger partial charge in [-0.25, -0.2) is 4.79 Å². The lowest BCUT2D eigenvalue weighted by Crippen LogP contribution is -2.16. The molecule has 0 heterocycles. The normalized spacial score (nSPS) is 11.8. The van der Waals surface area contributed by atoms with Crippen LogP contribution in [0.5, 0.6) is 0 Å². The zero-order chi connectivity index (χ0) is 10.4. The van der Waals surface area contributed by atoms with Crippen molar-refractivity contribution < 1.29 is 14.6 Å². The van der Waals surface area contributed by atoms with Crippen LogP contribution in [0.15, 0.2) is 43.0 Å². The third-order valence-corrected chi connectivity index (χ3v) is 1.67. The highest BCUT2D eigenvalue weighted by atomic mass is 16.5. The van der Waals surface area contributed by atoms with Crippen LogP contribution in [-0.4, -0.2) is 23.8 Å². The molecular weight excluding hydrogens is 180 g/mol. The summed E-state index contributed by atoms with van der Waals surface area (Å²) in [7, 11) is 0. The molecule has 1 rings (SSSR count). The van der Waals surface area contributed by atoms with Crippen molar-refractivity contribution in [3.8, 4) is 0 Å². The second-order valence-electron chi connectivity index (χ2n) is 2.77. The fraction of sp³-hybridized carbons (Fsp3) is 0.182. The van der Waals surface area contributed by atoms with Gasteiger partial charge < -0.3 is 9.84 Å². The minimum Gasteiger partial charge on any atom is -0.459 e. The van der Waals surface area contributed by atoms with E-state index in [0.29, 0.717) is 5.56 Å². The van der Waals surface area contributed by atoms with Crippen molar-refractivity contribution in [2.24, 2.45) is 0 Å². The van der Waals surface area contributed by atoms with Crippen LogP contribution in [0.1, 0.15) is 10.4 Å². The van der Waals surface area contributed by atoms with Gasteiger partial charge in [-0.15, -0.1) is 6.58 Å². The van der Waals surface area contributed by atoms with E-state index >= 15 is 0 Å². The Balaban J connectivity index is 2.47. The first kappa shape index (κ1) is 10.5. The van der Waals surface area contributed by atoms with Crippen molar-refractivity contribution in [1.29, 1.82) is 0 Å². The molecule has 0 radical (unpaired) electrons. The molecule has 0 saturated heterocycles. The van der Waals surface area contributed by atoms with Crippen molar-refractivity contribution in [1.82, 2.24) is 0 Å². The molecule has 0 aliphatic carbocycles. The molecule has 0 saturated carbocycles. The van der Waals surface area contributed by atoms with Crippen LogP contribution < -0.4 is 0 Å². The summed E-state index contributed by atoms with van der Waals surface area (Å²) in [4.78, 5) is 11.3. The van der Waals surface area contributed by atoms with Crippen LogP contribution >= 0.6 is 0 Å². The number of carbonyl (C=O) groups excluding carboxylic acids is 1. The number of aliphatic hydroxyl groups is 1. The second-order valence-corrected chi connectivity index (χ2v) is 2.77. The van der Waals surface area contributed by atoms with E-state index < -0.39 is 12.1 Å². The van der Waals surface area contributed by atoms with E-state index in [1.54, 1.807) is 24.3 Å². The molecule has 14 heavy (non-hydrogen) atoms. The summed E-state index contributed by atoms with van der Waals surface area (Å²) in [6, 6.07) is 8.63. The molecule has 0 aliphatic heterocycles. The highest BCUT2D eigenvalue weighted by molar-refractivity contribution is 5.89. The number of benzene rings is 1. The number of aliphatic hydroxyl groups excluding tert-OH is 1. The van der Waals surface area contributed by atoms with Gasteiger partial charge in [-0.1, -0.05) is 24.3 Å². The largest absolute Gasteiger partial charge is 0.459 e. The molecule has 0 amide bonds. The molecule has 1 atom stereocenters. The van der Waals surface area contributed by atoms with E-state index in [0.717, 1.165) is 0 Å². The molecule has 1 aromatic rings. The monoisotopic (exact) mass is 192 g/mol. The first-order valence-electron chi connectivity index (χ1n) is 4.27. The van der Waals surface area contributed by atoms with Gasteiger partial charge in [0.15, 0.2) is 0 Å². The Morgan fingerprint density at radius 3 is 2.71 bits per heavy atom. The Morgan fingerprint density at radius 1 is 1.50 bits per heavy atom. The van der Waals surface area contributed by atoms with Crippen LogP contribution in [0.3, 0.4) is 0 Å². The highest BCUT2D eigenvalue weighted by Gasteiger charge is 2.07. The fourth-order valence-electron chi connectivity index (χ4n) is 0.887. The maximum Gasteiger partial charge on any atom is 0.338 e. The van der Waals surface area contributed by atoms with Gasteiger partial charge in [0.2, 0.25) is 0 Å². The molecule has 3 heteroatoms. The van der Waals surface area contributed by atoms with E-state index in [9.17, 15) is 4.79 Å². The van der Waals surface area contributed by atoms with E-state index in [-0.39, 0.29) is 6.61 Å². The zero-order valence-corrected chi connectivity index (χ0v) is 7.72. The summed E-state index contributed by atoms with van der Waals surface area (Å²) in [6.45, 7) is 3.31. The Hall–Kier alpha value is -1.61. The second kappa shape index (κ2) is 5.19. The lowest BCUT2D eigenvalue weighted by molar-refractivity contribution is 0.0345. The van der Waals surface area contributed by atoms with Gasteiger partial charge in [0.05, 0.1) is 5.56 Å². The van der Waals surface area contributed by atoms with Crippen LogP contribution in [0.25, 0.3) is 0 Å². The average molecular weight is 192 g/mol. The van der Waals surface area contributed by atoms with Crippen molar-refractivity contribution in [2.45, 2.75) is 6.10 Å². The summed E-state index contributed by atoms with van der Waals surface area (Å²) in [5, 5.41) is 9.06. The molecule has 3 nitrogen and oxygen atoms in total. The van der Waals surface area contributed by atoms with E-state index in [1.165, 1.54) is 6.08 Å². The van der Waals surface area contributed by atoms with Gasteiger partial charge in [-0.2, -0.15) is 0 Å². The third-order valence-electron chi connectivity index (χ3n) is 1.67. The maximum absolute atomic E-state index is 11.3. The summed E-state index contributed by atoms with van der Waals surface area (Å²) in [6.07, 6.45) is 0.515. The van der Waals surface area contributed by atoms with Crippen molar-refractivity contribution in [2.75, 3.05) is 6.61 Å². The molecule has 1 aromatic carbocycles. The molecule has 1 unspecified atom stereocenters. The highest BCUT2D eigenvalue weighted by Crippen LogP contribution is 2.01. The molecule has 0 aromatic heterocycles. The van der Waals surface area contributed by atoms with Gasteiger partial charge in [0.1, 0.15) is 12.7 Å². The number of ether oxygens (including phenoxy) is 1. The molecule has 0 fully saturated rings. The number of hydrogen-bond donors (Lipinski definition) is 1. The molecule has 0 aliphatic rings. The SMILES string of the molecule is C=CC(O)COC(=O)c1ccccc1. The Bertz CT molecular complexity index is 306. The zero-order valence-electron chi connectivity index (χ0n) is 7.72. The molecule has 0 spiro atoms. The number of hydrogen-bond acceptors (Lipinski definition) is 3. The quantitative estimate of drug-likeness (QED) is 0.579. The average Bonchev–Trinajstić information content (AvgIpc) is 2.26. The van der Waals surface area contributed by atoms with Gasteiger partial charge in [0, 0.05) is 0 Å². The molecule has 74 valence electrons. The minimum absolute atomic E-state index is 0.0583. The Labute approximate surface area is 82.6 Å². The summed E-state index contributed by atoms with van der Waals surface area (Å²) in [5.41, 5.74) is 0.476. The van der Waals surface area contributed by atoms with Gasteiger partial charge in [-0.05, 0) is 12.1 Å². The first-order valence-corrected chi connectivity index (χ1v) is 4.27. The van der Waals surface area contributed by atoms with E-state index in [4.69, 9.17) is 9.84 Å². The summed E-state index contributed by atoms with van der Waals surface area (Å²) in [5.74, 6) is -0.438. The van der Waals surface area contributed by atoms with E-state index in [2.05, 4.69) is 6.58 Å². The fourth-order valence-corrected chi connectivity index (χ4v) is 0.887. The van der Waals surface area contributed by atoms with Crippen molar-refractivity contribution in [3.63, 3.8) is 0 Å². The van der Waals surface area contributed by atoms with Crippen LogP contribution in [0.2, 0.25) is 0 Å². The smallest absolute Gasteiger partial charge is 0.338 e. The maximum atomic E-state index is 11.3. The molecular formula is C11H12O3. The Kier molecular flexibility index (Phi) is 3.88. The van der Waals surface area contributed by atoms with Gasteiger partial charge in [-0.3, -0.25) is 0 Å². The predicted octanol–water partition coefficient (Wildman–Crippen LogP) is 1.39. The molecule has 1 N–H and O–H groups in total. The van der Waals surface area contributed by atoms with Crippen LogP contribution in [-0.2, 0) is 4.74 Å². The number of rotatable bonds is 4. The third kappa shape index (κ3) is 3.03. The van der Waals surface area contributed by atoms with Crippen LogP contribution in [0.4, 0.5) is 0 Å². The lowest BCUT2D eigenvalue weighted by Gasteiger charge is -2.06. The predicted molar refractivity (Wildman–Crippen MR) is 52.9 cm³/mol. The number of carbonyl (C=O) groups is 1. The van der Waals surface area contributed by atoms with Gasteiger partial charge in [0.25, 0.3) is 0 Å². The van der Waals surface area contributed by atoms with E-state index in [1.807, 2.05) is 6.07 Å². The Morgan fingerprint density at radius 2 is 2.14 bits per heavy atom. The molecule has 0 bridgehead atoms. The van der Waals surface area contributed by atoms with Crippen LogP contribution in [0, 0.1) is 0 Å². The van der Waals surface area contributed by atoms with Gasteiger partial charge >= 0.3 is 5.97 Å². The first-order chi connectivity index (χ1) is 6.74.